The van der Waals surface area contributed by atoms with Crippen molar-refractivity contribution in [3.8, 4) is 11.1 Å². The van der Waals surface area contributed by atoms with E-state index >= 15 is 0 Å². The van der Waals surface area contributed by atoms with E-state index < -0.39 is 5.97 Å². The number of benzene rings is 2. The minimum absolute atomic E-state index is 0.242. The first-order valence-corrected chi connectivity index (χ1v) is 9.17. The molecule has 1 fully saturated rings. The maximum Gasteiger partial charge on any atom is 0.349 e. The summed E-state index contributed by atoms with van der Waals surface area (Å²) in [6, 6.07) is 12.8. The third-order valence-electron chi connectivity index (χ3n) is 4.37. The summed E-state index contributed by atoms with van der Waals surface area (Å²) in [6.45, 7) is 0. The van der Waals surface area contributed by atoms with Crippen LogP contribution in [0.25, 0.3) is 11.1 Å². The van der Waals surface area contributed by atoms with Gasteiger partial charge < -0.3 is 10.1 Å². The van der Waals surface area contributed by atoms with Crippen LogP contribution in [0.5, 0.6) is 0 Å². The van der Waals surface area contributed by atoms with Crippen LogP contribution in [0.3, 0.4) is 0 Å². The van der Waals surface area contributed by atoms with Crippen molar-refractivity contribution in [1.29, 1.82) is 0 Å². The number of ether oxygens (including phenoxy) is 1. The molecule has 3 aromatic rings. The SMILES string of the molecule is COC(=O)c1cnc(Nc2ccc(C3CC3)c(-c3ccc(F)cc3)c2)s1. The van der Waals surface area contributed by atoms with E-state index in [-0.39, 0.29) is 5.82 Å². The van der Waals surface area contributed by atoms with Crippen LogP contribution < -0.4 is 5.32 Å². The fourth-order valence-corrected chi connectivity index (χ4v) is 3.67. The van der Waals surface area contributed by atoms with Crippen LogP contribution in [0, 0.1) is 5.82 Å². The van der Waals surface area contributed by atoms with Crippen LogP contribution >= 0.6 is 11.3 Å². The summed E-state index contributed by atoms with van der Waals surface area (Å²) in [6.07, 6.45) is 3.88. The maximum atomic E-state index is 13.3. The number of thiazole rings is 1. The molecule has 4 nitrogen and oxygen atoms in total. The molecule has 0 aliphatic heterocycles. The second-order valence-corrected chi connectivity index (χ2v) is 7.26. The minimum atomic E-state index is -0.397. The van der Waals surface area contributed by atoms with Crippen LogP contribution in [-0.4, -0.2) is 18.1 Å². The Kier molecular flexibility index (Phi) is 4.42. The molecule has 0 saturated heterocycles. The molecule has 1 aliphatic rings. The lowest BCUT2D eigenvalue weighted by atomic mass is 9.96. The number of methoxy groups -OCH3 is 1. The normalized spacial score (nSPS) is 13.5. The van der Waals surface area contributed by atoms with Crippen molar-refractivity contribution >= 4 is 28.1 Å². The highest BCUT2D eigenvalue weighted by Gasteiger charge is 2.26. The molecular formula is C20H17FN2O2S. The van der Waals surface area contributed by atoms with E-state index in [1.54, 1.807) is 12.1 Å². The first-order valence-electron chi connectivity index (χ1n) is 8.35. The number of anilines is 2. The van der Waals surface area contributed by atoms with Gasteiger partial charge in [-0.1, -0.05) is 29.5 Å². The van der Waals surface area contributed by atoms with Gasteiger partial charge in [-0.15, -0.1) is 0 Å². The Hall–Kier alpha value is -2.73. The molecule has 1 aliphatic carbocycles. The van der Waals surface area contributed by atoms with Gasteiger partial charge in [0.15, 0.2) is 5.13 Å². The van der Waals surface area contributed by atoms with Gasteiger partial charge >= 0.3 is 5.97 Å². The fourth-order valence-electron chi connectivity index (χ4n) is 2.91. The van der Waals surface area contributed by atoms with Gasteiger partial charge in [-0.3, -0.25) is 0 Å². The number of hydrogen-bond donors (Lipinski definition) is 1. The van der Waals surface area contributed by atoms with Crippen LogP contribution in [0.15, 0.2) is 48.7 Å². The molecule has 26 heavy (non-hydrogen) atoms. The quantitative estimate of drug-likeness (QED) is 0.616. The monoisotopic (exact) mass is 368 g/mol. The number of carbonyl (C=O) groups is 1. The Balaban J connectivity index is 1.65. The van der Waals surface area contributed by atoms with Gasteiger partial charge in [0, 0.05) is 5.69 Å². The number of rotatable bonds is 5. The largest absolute Gasteiger partial charge is 0.465 e. The summed E-state index contributed by atoms with van der Waals surface area (Å²) in [5.74, 6) is -0.0596. The zero-order valence-corrected chi connectivity index (χ0v) is 15.0. The number of nitrogens with zero attached hydrogens (tertiary/aromatic N) is 1. The molecule has 2 aromatic carbocycles. The predicted octanol–water partition coefficient (Wildman–Crippen LogP) is 5.36. The average Bonchev–Trinajstić information content (AvgIpc) is 3.40. The zero-order valence-electron chi connectivity index (χ0n) is 14.2. The molecule has 4 rings (SSSR count). The number of nitrogens with one attached hydrogen (secondary N) is 1. The summed E-state index contributed by atoms with van der Waals surface area (Å²) in [5, 5.41) is 3.86. The zero-order chi connectivity index (χ0) is 18.1. The average molecular weight is 368 g/mol. The van der Waals surface area contributed by atoms with Crippen molar-refractivity contribution < 1.29 is 13.9 Å². The molecule has 0 atom stereocenters. The highest BCUT2D eigenvalue weighted by molar-refractivity contribution is 7.17. The molecule has 0 radical (unpaired) electrons. The molecule has 0 spiro atoms. The third-order valence-corrected chi connectivity index (χ3v) is 5.26. The smallest absolute Gasteiger partial charge is 0.349 e. The molecule has 1 heterocycles. The standard InChI is InChI=1S/C20H17FN2O2S/c1-25-19(24)18-11-22-20(26-18)23-15-8-9-16(12-2-3-12)17(10-15)13-4-6-14(21)7-5-13/h4-12H,2-3H2,1H3,(H,22,23). The maximum absolute atomic E-state index is 13.3. The van der Waals surface area contributed by atoms with E-state index in [1.807, 2.05) is 6.07 Å². The first-order chi connectivity index (χ1) is 12.6. The lowest BCUT2D eigenvalue weighted by Gasteiger charge is -2.12. The van der Waals surface area contributed by atoms with Crippen LogP contribution in [0.4, 0.5) is 15.2 Å². The number of carbonyl (C=O) groups excluding carboxylic acids is 1. The van der Waals surface area contributed by atoms with Crippen molar-refractivity contribution in [1.82, 2.24) is 4.98 Å². The van der Waals surface area contributed by atoms with Crippen LogP contribution in [0.2, 0.25) is 0 Å². The molecule has 1 aromatic heterocycles. The van der Waals surface area contributed by atoms with Gasteiger partial charge in [0.2, 0.25) is 0 Å². The molecule has 6 heteroatoms. The molecule has 0 unspecified atom stereocenters. The van der Waals surface area contributed by atoms with Crippen LogP contribution in [0.1, 0.15) is 34.0 Å². The topological polar surface area (TPSA) is 51.2 Å². The van der Waals surface area contributed by atoms with E-state index in [2.05, 4.69) is 22.4 Å². The molecule has 0 bridgehead atoms. The summed E-state index contributed by atoms with van der Waals surface area (Å²) >= 11 is 1.24. The van der Waals surface area contributed by atoms with E-state index in [9.17, 15) is 9.18 Å². The van der Waals surface area contributed by atoms with Crippen molar-refractivity contribution in [2.75, 3.05) is 12.4 Å². The van der Waals surface area contributed by atoms with Crippen molar-refractivity contribution in [2.24, 2.45) is 0 Å². The third kappa shape index (κ3) is 3.46. The number of esters is 1. The lowest BCUT2D eigenvalue weighted by molar-refractivity contribution is 0.0606. The molecule has 132 valence electrons. The summed E-state index contributed by atoms with van der Waals surface area (Å²) in [4.78, 5) is 16.2. The van der Waals surface area contributed by atoms with Gasteiger partial charge in [0.25, 0.3) is 0 Å². The van der Waals surface area contributed by atoms with Gasteiger partial charge in [0.05, 0.1) is 13.3 Å². The lowest BCUT2D eigenvalue weighted by Crippen LogP contribution is -1.96. The Morgan fingerprint density at radius 2 is 2.00 bits per heavy atom. The molecule has 0 amide bonds. The minimum Gasteiger partial charge on any atom is -0.465 e. The summed E-state index contributed by atoms with van der Waals surface area (Å²) in [7, 11) is 1.35. The highest BCUT2D eigenvalue weighted by Crippen LogP contribution is 2.45. The van der Waals surface area contributed by atoms with Gasteiger partial charge in [-0.2, -0.15) is 0 Å². The van der Waals surface area contributed by atoms with Gasteiger partial charge in [-0.05, 0) is 59.7 Å². The van der Waals surface area contributed by atoms with Crippen molar-refractivity contribution in [2.45, 2.75) is 18.8 Å². The molecule has 1 saturated carbocycles. The number of aromatic nitrogens is 1. The Bertz CT molecular complexity index is 949. The number of halogens is 1. The van der Waals surface area contributed by atoms with Gasteiger partial charge in [0.1, 0.15) is 10.7 Å². The Morgan fingerprint density at radius 3 is 2.69 bits per heavy atom. The van der Waals surface area contributed by atoms with Crippen LogP contribution in [-0.2, 0) is 4.74 Å². The first kappa shape index (κ1) is 16.7. The second kappa shape index (κ2) is 6.88. The van der Waals surface area contributed by atoms with E-state index in [0.29, 0.717) is 15.9 Å². The number of hydrogen-bond acceptors (Lipinski definition) is 5. The second-order valence-electron chi connectivity index (χ2n) is 6.23. The fraction of sp³-hybridized carbons (Fsp3) is 0.200. The predicted molar refractivity (Wildman–Crippen MR) is 101 cm³/mol. The van der Waals surface area contributed by atoms with E-state index in [1.165, 1.54) is 55.2 Å². The Labute approximate surface area is 154 Å². The summed E-state index contributed by atoms with van der Waals surface area (Å²) < 4.78 is 18.0. The van der Waals surface area contributed by atoms with Crippen molar-refractivity contribution in [3.63, 3.8) is 0 Å². The highest BCUT2D eigenvalue weighted by atomic mass is 32.1. The molecular weight excluding hydrogens is 351 g/mol. The van der Waals surface area contributed by atoms with Gasteiger partial charge in [-0.25, -0.2) is 14.2 Å². The van der Waals surface area contributed by atoms with E-state index in [0.717, 1.165) is 16.8 Å². The Morgan fingerprint density at radius 1 is 1.23 bits per heavy atom. The van der Waals surface area contributed by atoms with Crippen molar-refractivity contribution in [3.05, 3.63) is 64.9 Å². The van der Waals surface area contributed by atoms with E-state index in [4.69, 9.17) is 4.74 Å². The molecule has 1 N–H and O–H groups in total. The summed E-state index contributed by atoms with van der Waals surface area (Å²) in [5.41, 5.74) is 4.25.